The van der Waals surface area contributed by atoms with E-state index >= 15 is 0 Å². The molecular weight excluding hydrogens is 424 g/mol. The molecule has 0 aliphatic carbocycles. The number of benzene rings is 2. The first-order valence-corrected chi connectivity index (χ1v) is 10.1. The van der Waals surface area contributed by atoms with Crippen LogP contribution in [0.3, 0.4) is 0 Å². The normalized spacial score (nSPS) is 26.7. The highest BCUT2D eigenvalue weighted by atomic mass is 16.7. The van der Waals surface area contributed by atoms with E-state index in [2.05, 4.69) is 0 Å². The number of fused-ring (bicyclic) bond motifs is 1. The van der Waals surface area contributed by atoms with E-state index in [0.717, 1.165) is 0 Å². The lowest BCUT2D eigenvalue weighted by Crippen LogP contribution is -2.62. The highest BCUT2D eigenvalue weighted by Gasteiger charge is 2.47. The number of phenolic OH excluding ortho intramolecular Hbond substituents is 1. The number of hydrogen-bond acceptors (Lipinski definition) is 10. The van der Waals surface area contributed by atoms with Crippen molar-refractivity contribution in [2.45, 2.75) is 57.1 Å². The molecule has 1 aliphatic heterocycles. The number of ether oxygens (including phenoxy) is 3. The number of methoxy groups -OCH3 is 1. The number of aromatic hydroxyl groups is 1. The molecule has 0 amide bonds. The summed E-state index contributed by atoms with van der Waals surface area (Å²) >= 11 is 0. The molecule has 1 saturated heterocycles. The summed E-state index contributed by atoms with van der Waals surface area (Å²) in [5, 5.41) is 61.6. The van der Waals surface area contributed by atoms with Crippen molar-refractivity contribution < 1.29 is 49.6 Å². The lowest BCUT2D eigenvalue weighted by molar-refractivity contribution is -0.288. The van der Waals surface area contributed by atoms with Crippen LogP contribution in [0.1, 0.15) is 29.3 Å². The van der Waals surface area contributed by atoms with E-state index in [1.807, 2.05) is 0 Å². The molecule has 1 fully saturated rings. The molecular formula is C22H28O10. The van der Waals surface area contributed by atoms with Gasteiger partial charge >= 0.3 is 0 Å². The first-order chi connectivity index (χ1) is 15.1. The summed E-state index contributed by atoms with van der Waals surface area (Å²) in [5.41, 5.74) is 0.644. The Hall–Kier alpha value is -2.47. The van der Waals surface area contributed by atoms with Gasteiger partial charge in [-0.1, -0.05) is 6.07 Å². The number of hydrogen-bond donors (Lipinski definition) is 6. The van der Waals surface area contributed by atoms with Crippen LogP contribution >= 0.6 is 0 Å². The lowest BCUT2D eigenvalue weighted by Gasteiger charge is -2.42. The van der Waals surface area contributed by atoms with Gasteiger partial charge in [-0.05, 0) is 37.3 Å². The van der Waals surface area contributed by atoms with E-state index in [1.165, 1.54) is 20.1 Å². The van der Waals surface area contributed by atoms with Crippen LogP contribution in [-0.2, 0) is 4.74 Å². The molecule has 6 N–H and O–H groups in total. The van der Waals surface area contributed by atoms with Crippen molar-refractivity contribution >= 4 is 16.6 Å². The summed E-state index contributed by atoms with van der Waals surface area (Å²) in [5.74, 6) is -0.344. The van der Waals surface area contributed by atoms with Crippen molar-refractivity contribution in [3.05, 3.63) is 29.3 Å². The molecule has 0 radical (unpaired) electrons. The zero-order chi connectivity index (χ0) is 23.7. The summed E-state index contributed by atoms with van der Waals surface area (Å²) in [6.07, 6.45) is -9.44. The van der Waals surface area contributed by atoms with Gasteiger partial charge in [0, 0.05) is 12.7 Å². The van der Waals surface area contributed by atoms with Crippen LogP contribution < -0.4 is 9.47 Å². The molecule has 6 atom stereocenters. The Morgan fingerprint density at radius 3 is 2.44 bits per heavy atom. The van der Waals surface area contributed by atoms with Crippen LogP contribution in [0.5, 0.6) is 17.2 Å². The minimum atomic E-state index is -1.72. The van der Waals surface area contributed by atoms with Gasteiger partial charge in [0.2, 0.25) is 6.29 Å². The van der Waals surface area contributed by atoms with Crippen molar-refractivity contribution in [3.8, 4) is 17.2 Å². The Kier molecular flexibility index (Phi) is 7.23. The smallest absolute Gasteiger partial charge is 0.229 e. The Morgan fingerprint density at radius 1 is 1.16 bits per heavy atom. The maximum Gasteiger partial charge on any atom is 0.229 e. The molecule has 0 aromatic heterocycles. The van der Waals surface area contributed by atoms with Crippen LogP contribution in [0.2, 0.25) is 0 Å². The van der Waals surface area contributed by atoms with Crippen LogP contribution in [0.25, 0.3) is 10.8 Å². The van der Waals surface area contributed by atoms with Crippen molar-refractivity contribution in [1.29, 1.82) is 0 Å². The van der Waals surface area contributed by atoms with Crippen molar-refractivity contribution in [1.82, 2.24) is 0 Å². The minimum Gasteiger partial charge on any atom is -0.506 e. The number of carbonyl (C=O) groups is 1. The number of aliphatic hydroxyl groups is 5. The fourth-order valence-corrected chi connectivity index (χ4v) is 3.96. The molecule has 3 rings (SSSR count). The Morgan fingerprint density at radius 2 is 1.84 bits per heavy atom. The van der Waals surface area contributed by atoms with Gasteiger partial charge < -0.3 is 44.8 Å². The van der Waals surface area contributed by atoms with Gasteiger partial charge in [0.05, 0.1) is 24.2 Å². The molecule has 6 unspecified atom stereocenters. The van der Waals surface area contributed by atoms with Gasteiger partial charge in [-0.15, -0.1) is 0 Å². The Balaban J connectivity index is 2.08. The third kappa shape index (κ3) is 4.38. The third-order valence-electron chi connectivity index (χ3n) is 5.59. The average Bonchev–Trinajstić information content (AvgIpc) is 2.73. The topological polar surface area (TPSA) is 166 Å². The van der Waals surface area contributed by atoms with Gasteiger partial charge in [-0.2, -0.15) is 0 Å². The predicted octanol–water partition coefficient (Wildman–Crippen LogP) is -0.00528. The summed E-state index contributed by atoms with van der Waals surface area (Å²) in [6, 6.07) is 4.71. The molecule has 2 aromatic carbocycles. The Bertz CT molecular complexity index is 991. The fourth-order valence-electron chi connectivity index (χ4n) is 3.96. The minimum absolute atomic E-state index is 0.0117. The number of phenols is 1. The van der Waals surface area contributed by atoms with E-state index in [9.17, 15) is 30.3 Å². The maximum atomic E-state index is 12.1. The van der Waals surface area contributed by atoms with E-state index in [-0.39, 0.29) is 41.3 Å². The largest absolute Gasteiger partial charge is 0.506 e. The number of carbonyl (C=O) groups excluding carboxylic acids is 1. The number of Topliss-reactive ketones (excluding diaryl/α,β-unsaturated/α-hetero) is 1. The number of aryl methyl sites for hydroxylation is 1. The molecule has 1 heterocycles. The second-order valence-corrected chi connectivity index (χ2v) is 7.84. The Labute approximate surface area is 184 Å². The molecule has 2 aromatic rings. The molecule has 0 saturated carbocycles. The van der Waals surface area contributed by atoms with Crippen LogP contribution in [-0.4, -0.2) is 86.9 Å². The monoisotopic (exact) mass is 452 g/mol. The van der Waals surface area contributed by atoms with E-state index in [1.54, 1.807) is 19.1 Å². The summed E-state index contributed by atoms with van der Waals surface area (Å²) < 4.78 is 16.6. The quantitative estimate of drug-likeness (QED) is 0.315. The van der Waals surface area contributed by atoms with Gasteiger partial charge in [0.25, 0.3) is 0 Å². The van der Waals surface area contributed by atoms with E-state index < -0.39 is 36.8 Å². The SMILES string of the molecule is COc1cc(OC2OC(C(O)CCO)C(O)C(O)C2O)c2c(O)c(C(C)=O)c(C)cc2c1. The standard InChI is InChI=1S/C22H28O10/c1-9-6-11-7-12(30-3)8-14(16(11)17(26)15(9)10(2)24)31-22-20(29)18(27)19(28)21(32-22)13(25)4-5-23/h6-8,13,18-23,25-29H,4-5H2,1-3H3. The van der Waals surface area contributed by atoms with Crippen molar-refractivity contribution in [3.63, 3.8) is 0 Å². The summed E-state index contributed by atoms with van der Waals surface area (Å²) in [4.78, 5) is 12.1. The van der Waals surface area contributed by atoms with Gasteiger partial charge in [-0.25, -0.2) is 0 Å². The summed E-state index contributed by atoms with van der Waals surface area (Å²) in [7, 11) is 1.43. The van der Waals surface area contributed by atoms with E-state index in [4.69, 9.17) is 19.3 Å². The average molecular weight is 452 g/mol. The predicted molar refractivity (Wildman–Crippen MR) is 112 cm³/mol. The fraction of sp³-hybridized carbons (Fsp3) is 0.500. The van der Waals surface area contributed by atoms with Crippen LogP contribution in [0.15, 0.2) is 18.2 Å². The van der Waals surface area contributed by atoms with Crippen molar-refractivity contribution in [2.75, 3.05) is 13.7 Å². The first-order valence-electron chi connectivity index (χ1n) is 10.1. The second-order valence-electron chi connectivity index (χ2n) is 7.84. The molecule has 176 valence electrons. The molecule has 0 bridgehead atoms. The third-order valence-corrected chi connectivity index (χ3v) is 5.59. The zero-order valence-electron chi connectivity index (χ0n) is 17.9. The molecule has 32 heavy (non-hydrogen) atoms. The molecule has 1 aliphatic rings. The number of aliphatic hydroxyl groups excluding tert-OH is 5. The van der Waals surface area contributed by atoms with Crippen LogP contribution in [0, 0.1) is 6.92 Å². The lowest BCUT2D eigenvalue weighted by atomic mass is 9.94. The first kappa shape index (κ1) is 24.2. The van der Waals surface area contributed by atoms with Crippen LogP contribution in [0.4, 0.5) is 0 Å². The molecule has 0 spiro atoms. The molecule has 10 heteroatoms. The highest BCUT2D eigenvalue weighted by molar-refractivity contribution is 6.07. The maximum absolute atomic E-state index is 12.1. The highest BCUT2D eigenvalue weighted by Crippen LogP contribution is 2.42. The number of ketones is 1. The van der Waals surface area contributed by atoms with Crippen molar-refractivity contribution in [2.24, 2.45) is 0 Å². The van der Waals surface area contributed by atoms with Gasteiger partial charge in [-0.3, -0.25) is 4.79 Å². The van der Waals surface area contributed by atoms with E-state index in [0.29, 0.717) is 16.7 Å². The van der Waals surface area contributed by atoms with Gasteiger partial charge in [0.1, 0.15) is 41.7 Å². The zero-order valence-corrected chi connectivity index (χ0v) is 17.9. The summed E-state index contributed by atoms with van der Waals surface area (Å²) in [6.45, 7) is 2.60. The number of rotatable bonds is 7. The molecule has 10 nitrogen and oxygen atoms in total. The van der Waals surface area contributed by atoms with Gasteiger partial charge in [0.15, 0.2) is 5.78 Å². The second kappa shape index (κ2) is 9.57.